The average molecular weight is 385 g/mol. The van der Waals surface area contributed by atoms with Gasteiger partial charge in [0.25, 0.3) is 0 Å². The van der Waals surface area contributed by atoms with E-state index >= 15 is 0 Å². The molecule has 0 aliphatic carbocycles. The zero-order valence-corrected chi connectivity index (χ0v) is 14.6. The number of quaternary nitrogens is 1. The minimum atomic E-state index is 0. The molecule has 0 saturated carbocycles. The van der Waals surface area contributed by atoms with E-state index in [2.05, 4.69) is 47.5 Å². The van der Waals surface area contributed by atoms with Crippen LogP contribution in [0.1, 0.15) is 19.4 Å². The molecule has 102 valence electrons. The van der Waals surface area contributed by atoms with Crippen LogP contribution < -0.4 is 17.0 Å². The first-order chi connectivity index (χ1) is 8.65. The maximum atomic E-state index is 5.45. The van der Waals surface area contributed by atoms with Crippen molar-refractivity contribution in [3.63, 3.8) is 0 Å². The van der Waals surface area contributed by atoms with Crippen LogP contribution in [0.4, 0.5) is 0 Å². The molecule has 0 N–H and O–H groups in total. The molecule has 19 heavy (non-hydrogen) atoms. The number of hydrogen-bond acceptors (Lipinski definition) is 0. The fourth-order valence-electron chi connectivity index (χ4n) is 1.76. The second-order valence-electron chi connectivity index (χ2n) is 4.30. The highest BCUT2D eigenvalue weighted by Gasteiger charge is 2.19. The third-order valence-corrected chi connectivity index (χ3v) is 3.79. The average Bonchev–Trinajstić information content (AvgIpc) is 2.40. The van der Waals surface area contributed by atoms with Crippen LogP contribution in [0.2, 0.25) is 0 Å². The quantitative estimate of drug-likeness (QED) is 0.517. The Morgan fingerprint density at radius 1 is 1.11 bits per heavy atom. The Hall–Kier alpha value is -0.740. The maximum absolute atomic E-state index is 5.45. The van der Waals surface area contributed by atoms with E-state index in [0.717, 1.165) is 40.7 Å². The van der Waals surface area contributed by atoms with Gasteiger partial charge in [-0.05, 0) is 50.0 Å². The molecule has 0 bridgehead atoms. The number of halogens is 2. The molecule has 1 nitrogen and oxygen atoms in total. The Morgan fingerprint density at radius 2 is 1.68 bits per heavy atom. The third kappa shape index (κ3) is 5.83. The summed E-state index contributed by atoms with van der Waals surface area (Å²) in [6, 6.07) is 8.05. The molecule has 0 saturated heterocycles. The predicted octanol–water partition coefficient (Wildman–Crippen LogP) is 0.294. The summed E-state index contributed by atoms with van der Waals surface area (Å²) < 4.78 is 1.95. The molecule has 0 aromatic heterocycles. The maximum Gasteiger partial charge on any atom is 0.142 e. The second kappa shape index (κ2) is 9.21. The van der Waals surface area contributed by atoms with Crippen molar-refractivity contribution in [2.75, 3.05) is 26.2 Å². The van der Waals surface area contributed by atoms with E-state index in [-0.39, 0.29) is 17.0 Å². The number of nitrogens with zero attached hydrogens (tertiary/aromatic N) is 1. The van der Waals surface area contributed by atoms with Crippen molar-refractivity contribution in [1.29, 1.82) is 0 Å². The van der Waals surface area contributed by atoms with Crippen LogP contribution in [-0.2, 0) is 0 Å². The minimum Gasteiger partial charge on any atom is -1.00 e. The summed E-state index contributed by atoms with van der Waals surface area (Å²) in [5.41, 5.74) is 1.05. The smallest absolute Gasteiger partial charge is 0.142 e. The Labute approximate surface area is 135 Å². The van der Waals surface area contributed by atoms with E-state index < -0.39 is 0 Å². The lowest BCUT2D eigenvalue weighted by atomic mass is 10.2. The van der Waals surface area contributed by atoms with Gasteiger partial charge in [-0.15, -0.1) is 6.42 Å². The summed E-state index contributed by atoms with van der Waals surface area (Å²) in [6.07, 6.45) is 5.45. The highest BCUT2D eigenvalue weighted by Crippen LogP contribution is 2.09. The molecule has 0 radical (unpaired) electrons. The van der Waals surface area contributed by atoms with Crippen molar-refractivity contribution in [1.82, 2.24) is 0 Å². The van der Waals surface area contributed by atoms with E-state index in [1.807, 2.05) is 24.3 Å². The Morgan fingerprint density at radius 3 is 2.16 bits per heavy atom. The summed E-state index contributed by atoms with van der Waals surface area (Å²) in [5, 5.41) is 0. The molecule has 0 heterocycles. The van der Waals surface area contributed by atoms with E-state index in [1.165, 1.54) is 0 Å². The molecule has 1 aromatic rings. The van der Waals surface area contributed by atoms with Crippen molar-refractivity contribution in [3.8, 4) is 24.2 Å². The SMILES string of the molecule is C#CC[N+](CC)(CC)CC#Cc1ccc(Br)cc1.[Br-]. The molecular weight excluding hydrogens is 366 g/mol. The van der Waals surface area contributed by atoms with Crippen LogP contribution in [0.25, 0.3) is 0 Å². The van der Waals surface area contributed by atoms with Crippen molar-refractivity contribution >= 4 is 15.9 Å². The van der Waals surface area contributed by atoms with Gasteiger partial charge in [0.15, 0.2) is 0 Å². The standard InChI is InChI=1S/C16H19BrN.BrH/c1-4-13-18(5-2,6-3)14-7-8-15-9-11-16(17)12-10-15;/h1,9-12H,5-6,13-14H2,2-3H3;1H/q+1;/p-1. The Kier molecular flexibility index (Phi) is 8.85. The number of hydrogen-bond donors (Lipinski definition) is 0. The van der Waals surface area contributed by atoms with Crippen LogP contribution in [0, 0.1) is 24.2 Å². The van der Waals surface area contributed by atoms with Crippen LogP contribution in [0.5, 0.6) is 0 Å². The molecule has 0 spiro atoms. The monoisotopic (exact) mass is 383 g/mol. The minimum absolute atomic E-state index is 0. The molecule has 1 aromatic carbocycles. The molecule has 0 fully saturated rings. The van der Waals surface area contributed by atoms with Crippen molar-refractivity contribution in [3.05, 3.63) is 34.3 Å². The number of benzene rings is 1. The van der Waals surface area contributed by atoms with Crippen molar-refractivity contribution in [2.24, 2.45) is 0 Å². The van der Waals surface area contributed by atoms with Crippen molar-refractivity contribution in [2.45, 2.75) is 13.8 Å². The van der Waals surface area contributed by atoms with Gasteiger partial charge in [-0.2, -0.15) is 0 Å². The molecular formula is C16H19Br2N. The van der Waals surface area contributed by atoms with Crippen LogP contribution in [0.3, 0.4) is 0 Å². The summed E-state index contributed by atoms with van der Waals surface area (Å²) in [7, 11) is 0. The fraction of sp³-hybridized carbons (Fsp3) is 0.375. The molecule has 0 aliphatic heterocycles. The van der Waals surface area contributed by atoms with Gasteiger partial charge >= 0.3 is 0 Å². The topological polar surface area (TPSA) is 0 Å². The van der Waals surface area contributed by atoms with Gasteiger partial charge < -0.3 is 21.5 Å². The van der Waals surface area contributed by atoms with Gasteiger partial charge in [-0.3, -0.25) is 0 Å². The van der Waals surface area contributed by atoms with E-state index in [9.17, 15) is 0 Å². The van der Waals surface area contributed by atoms with Crippen molar-refractivity contribution < 1.29 is 21.5 Å². The zero-order chi connectivity index (χ0) is 13.4. The fourth-order valence-corrected chi connectivity index (χ4v) is 2.03. The normalized spacial score (nSPS) is 9.79. The first kappa shape index (κ1) is 18.3. The van der Waals surface area contributed by atoms with E-state index in [4.69, 9.17) is 6.42 Å². The van der Waals surface area contributed by atoms with E-state index in [0.29, 0.717) is 0 Å². The molecule has 1 rings (SSSR count). The lowest BCUT2D eigenvalue weighted by molar-refractivity contribution is -0.911. The lowest BCUT2D eigenvalue weighted by Gasteiger charge is -2.32. The van der Waals surface area contributed by atoms with Crippen LogP contribution >= 0.6 is 15.9 Å². The Bertz CT molecular complexity index is 470. The van der Waals surface area contributed by atoms with Gasteiger partial charge in [0.05, 0.1) is 13.1 Å². The predicted molar refractivity (Wildman–Crippen MR) is 80.9 cm³/mol. The van der Waals surface area contributed by atoms with Gasteiger partial charge in [0.2, 0.25) is 0 Å². The highest BCUT2D eigenvalue weighted by atomic mass is 79.9. The highest BCUT2D eigenvalue weighted by molar-refractivity contribution is 9.10. The number of terminal acetylenes is 1. The second-order valence-corrected chi connectivity index (χ2v) is 5.22. The van der Waals surface area contributed by atoms with Gasteiger partial charge in [0, 0.05) is 10.0 Å². The van der Waals surface area contributed by atoms with Gasteiger partial charge in [-0.1, -0.05) is 21.9 Å². The molecule has 0 unspecified atom stereocenters. The molecule has 0 aliphatic rings. The molecule has 0 amide bonds. The zero-order valence-electron chi connectivity index (χ0n) is 11.4. The molecule has 0 atom stereocenters. The van der Waals surface area contributed by atoms with Gasteiger partial charge in [0.1, 0.15) is 13.1 Å². The van der Waals surface area contributed by atoms with E-state index in [1.54, 1.807) is 0 Å². The molecule has 3 heteroatoms. The van der Waals surface area contributed by atoms with Crippen LogP contribution in [-0.4, -0.2) is 30.7 Å². The summed E-state index contributed by atoms with van der Waals surface area (Å²) in [4.78, 5) is 0. The first-order valence-electron chi connectivity index (χ1n) is 6.19. The number of rotatable bonds is 4. The lowest BCUT2D eigenvalue weighted by Crippen LogP contribution is -3.00. The third-order valence-electron chi connectivity index (χ3n) is 3.26. The Balaban J connectivity index is 0.00000324. The van der Waals surface area contributed by atoms with Gasteiger partial charge in [-0.25, -0.2) is 0 Å². The largest absolute Gasteiger partial charge is 1.00 e. The van der Waals surface area contributed by atoms with Crippen LogP contribution in [0.15, 0.2) is 28.7 Å². The summed E-state index contributed by atoms with van der Waals surface area (Å²) >= 11 is 3.41. The summed E-state index contributed by atoms with van der Waals surface area (Å²) in [5.74, 6) is 9.22. The summed E-state index contributed by atoms with van der Waals surface area (Å²) in [6.45, 7) is 7.95. The first-order valence-corrected chi connectivity index (χ1v) is 6.98.